The average molecular weight is 242 g/mol. The van der Waals surface area contributed by atoms with Gasteiger partial charge in [0, 0.05) is 17.1 Å². The van der Waals surface area contributed by atoms with Crippen molar-refractivity contribution in [2.24, 2.45) is 0 Å². The van der Waals surface area contributed by atoms with Crippen molar-refractivity contribution in [2.45, 2.75) is 0 Å². The van der Waals surface area contributed by atoms with Gasteiger partial charge in [-0.25, -0.2) is 9.18 Å². The van der Waals surface area contributed by atoms with E-state index in [0.29, 0.717) is 5.52 Å². The first-order valence-corrected chi connectivity index (χ1v) is 4.62. The zero-order valence-electron chi connectivity index (χ0n) is 7.75. The van der Waals surface area contributed by atoms with E-state index in [1.807, 2.05) is 0 Å². The Bertz CT molecular complexity index is 605. The van der Waals surface area contributed by atoms with Gasteiger partial charge in [-0.05, 0) is 12.1 Å². The molecule has 0 saturated heterocycles. The fourth-order valence-electron chi connectivity index (χ4n) is 1.42. The zero-order chi connectivity index (χ0) is 11.9. The summed E-state index contributed by atoms with van der Waals surface area (Å²) in [5, 5.41) is 8.66. The lowest BCUT2D eigenvalue weighted by Gasteiger charge is -1.96. The minimum atomic E-state index is -1.59. The quantitative estimate of drug-likeness (QED) is 0.626. The first kappa shape index (κ1) is 10.6. The Morgan fingerprint density at radius 1 is 1.38 bits per heavy atom. The number of halogens is 2. The summed E-state index contributed by atoms with van der Waals surface area (Å²) in [6.45, 7) is 0. The van der Waals surface area contributed by atoms with E-state index in [0.717, 1.165) is 6.07 Å². The van der Waals surface area contributed by atoms with Crippen LogP contribution in [0.2, 0.25) is 5.02 Å². The maximum atomic E-state index is 13.2. The van der Waals surface area contributed by atoms with Crippen LogP contribution in [0.15, 0.2) is 18.3 Å². The standard InChI is InChI=1S/C10H5ClFNO3/c11-6-2-8-4(1-7(6)12)5(3-13-8)9(14)10(15)16/h1-3,13H,(H,15,16). The minimum Gasteiger partial charge on any atom is -0.475 e. The van der Waals surface area contributed by atoms with Crippen LogP contribution in [-0.4, -0.2) is 21.8 Å². The number of H-pyrrole nitrogens is 1. The van der Waals surface area contributed by atoms with E-state index >= 15 is 0 Å². The number of ketones is 1. The number of carboxylic acid groups (broad SMARTS) is 1. The van der Waals surface area contributed by atoms with Crippen LogP contribution in [0, 0.1) is 5.82 Å². The molecule has 0 unspecified atom stereocenters. The molecule has 6 heteroatoms. The number of rotatable bonds is 2. The smallest absolute Gasteiger partial charge is 0.377 e. The summed E-state index contributed by atoms with van der Waals surface area (Å²) in [6.07, 6.45) is 1.22. The van der Waals surface area contributed by atoms with Gasteiger partial charge in [-0.15, -0.1) is 0 Å². The van der Waals surface area contributed by atoms with Gasteiger partial charge in [0.15, 0.2) is 0 Å². The highest BCUT2D eigenvalue weighted by Gasteiger charge is 2.19. The molecule has 0 fully saturated rings. The summed E-state index contributed by atoms with van der Waals surface area (Å²) < 4.78 is 13.2. The first-order valence-electron chi connectivity index (χ1n) is 4.24. The molecule has 0 amide bonds. The number of nitrogens with one attached hydrogen (secondary N) is 1. The Morgan fingerprint density at radius 3 is 2.69 bits per heavy atom. The number of hydrogen-bond donors (Lipinski definition) is 2. The lowest BCUT2D eigenvalue weighted by atomic mass is 10.1. The molecule has 1 aromatic heterocycles. The molecule has 4 nitrogen and oxygen atoms in total. The van der Waals surface area contributed by atoms with Crippen LogP contribution in [-0.2, 0) is 4.79 Å². The predicted octanol–water partition coefficient (Wildman–Crippen LogP) is 2.23. The molecule has 0 aliphatic carbocycles. The van der Waals surface area contributed by atoms with Crippen LogP contribution in [0.1, 0.15) is 10.4 Å². The molecule has 0 aliphatic heterocycles. The zero-order valence-corrected chi connectivity index (χ0v) is 8.51. The van der Waals surface area contributed by atoms with Gasteiger partial charge in [0.2, 0.25) is 0 Å². The van der Waals surface area contributed by atoms with Gasteiger partial charge in [-0.1, -0.05) is 11.6 Å². The number of aliphatic carboxylic acids is 1. The summed E-state index contributed by atoms with van der Waals surface area (Å²) in [6, 6.07) is 2.33. The maximum Gasteiger partial charge on any atom is 0.377 e. The fourth-order valence-corrected chi connectivity index (χ4v) is 1.58. The summed E-state index contributed by atoms with van der Waals surface area (Å²) >= 11 is 5.54. The van der Waals surface area contributed by atoms with Crippen LogP contribution in [0.25, 0.3) is 10.9 Å². The molecule has 0 saturated carbocycles. The van der Waals surface area contributed by atoms with Crippen molar-refractivity contribution in [3.8, 4) is 0 Å². The SMILES string of the molecule is O=C(O)C(=O)c1c[nH]c2cc(Cl)c(F)cc12. The van der Waals surface area contributed by atoms with Gasteiger partial charge in [-0.2, -0.15) is 0 Å². The molecule has 2 aromatic rings. The van der Waals surface area contributed by atoms with Crippen molar-refractivity contribution in [1.29, 1.82) is 0 Å². The lowest BCUT2D eigenvalue weighted by Crippen LogP contribution is -2.11. The molecule has 0 atom stereocenters. The van der Waals surface area contributed by atoms with Crippen LogP contribution in [0.4, 0.5) is 4.39 Å². The van der Waals surface area contributed by atoms with Crippen LogP contribution >= 0.6 is 11.6 Å². The van der Waals surface area contributed by atoms with Gasteiger partial charge >= 0.3 is 5.97 Å². The van der Waals surface area contributed by atoms with E-state index in [2.05, 4.69) is 4.98 Å². The number of fused-ring (bicyclic) bond motifs is 1. The molecule has 82 valence electrons. The number of carbonyl (C=O) groups excluding carboxylic acids is 1. The highest BCUT2D eigenvalue weighted by Crippen LogP contribution is 2.25. The van der Waals surface area contributed by atoms with Crippen molar-refractivity contribution < 1.29 is 19.1 Å². The summed E-state index contributed by atoms with van der Waals surface area (Å²) in [5.41, 5.74) is 0.328. The lowest BCUT2D eigenvalue weighted by molar-refractivity contribution is -0.131. The first-order chi connectivity index (χ1) is 7.50. The molecule has 0 spiro atoms. The van der Waals surface area contributed by atoms with Gasteiger partial charge in [0.1, 0.15) is 5.82 Å². The Labute approximate surface area is 93.6 Å². The normalized spacial score (nSPS) is 10.6. The third kappa shape index (κ3) is 1.55. The van der Waals surface area contributed by atoms with Gasteiger partial charge in [0.05, 0.1) is 10.6 Å². The topological polar surface area (TPSA) is 70.2 Å². The highest BCUT2D eigenvalue weighted by atomic mass is 35.5. The van der Waals surface area contributed by atoms with Gasteiger partial charge in [-0.3, -0.25) is 4.79 Å². The molecule has 0 bridgehead atoms. The maximum absolute atomic E-state index is 13.2. The van der Waals surface area contributed by atoms with E-state index in [1.165, 1.54) is 12.3 Å². The van der Waals surface area contributed by atoms with Crippen molar-refractivity contribution in [1.82, 2.24) is 4.98 Å². The molecule has 16 heavy (non-hydrogen) atoms. The molecule has 1 aromatic carbocycles. The number of hydrogen-bond acceptors (Lipinski definition) is 2. The van der Waals surface area contributed by atoms with E-state index in [9.17, 15) is 14.0 Å². The van der Waals surface area contributed by atoms with E-state index in [-0.39, 0.29) is 16.0 Å². The molecule has 1 heterocycles. The number of Topliss-reactive ketones (excluding diaryl/α,β-unsaturated/α-hetero) is 1. The second-order valence-electron chi connectivity index (χ2n) is 3.15. The highest BCUT2D eigenvalue weighted by molar-refractivity contribution is 6.42. The van der Waals surface area contributed by atoms with Crippen LogP contribution < -0.4 is 0 Å². The second kappa shape index (κ2) is 3.61. The van der Waals surface area contributed by atoms with Crippen LogP contribution in [0.5, 0.6) is 0 Å². The number of aromatic amines is 1. The minimum absolute atomic E-state index is 0.0851. The van der Waals surface area contributed by atoms with Crippen molar-refractivity contribution >= 4 is 34.3 Å². The molecule has 0 aliphatic rings. The Balaban J connectivity index is 2.69. The molecule has 2 rings (SSSR count). The molecular weight excluding hydrogens is 237 g/mol. The Morgan fingerprint density at radius 2 is 2.06 bits per heavy atom. The molecule has 0 radical (unpaired) electrons. The average Bonchev–Trinajstić information content (AvgIpc) is 2.60. The largest absolute Gasteiger partial charge is 0.475 e. The summed E-state index contributed by atoms with van der Waals surface area (Å²) in [4.78, 5) is 24.4. The summed E-state index contributed by atoms with van der Waals surface area (Å²) in [7, 11) is 0. The number of benzene rings is 1. The van der Waals surface area contributed by atoms with E-state index in [1.54, 1.807) is 0 Å². The van der Waals surface area contributed by atoms with E-state index < -0.39 is 17.6 Å². The third-order valence-corrected chi connectivity index (χ3v) is 2.45. The predicted molar refractivity (Wildman–Crippen MR) is 55.2 cm³/mol. The molecular formula is C10H5ClFNO3. The van der Waals surface area contributed by atoms with E-state index in [4.69, 9.17) is 16.7 Å². The van der Waals surface area contributed by atoms with Gasteiger partial charge in [0.25, 0.3) is 5.78 Å². The Kier molecular flexibility index (Phi) is 2.40. The fraction of sp³-hybridized carbons (Fsp3) is 0. The van der Waals surface area contributed by atoms with Crippen molar-refractivity contribution in [3.63, 3.8) is 0 Å². The number of carbonyl (C=O) groups is 2. The second-order valence-corrected chi connectivity index (χ2v) is 3.56. The number of carboxylic acids is 1. The third-order valence-electron chi connectivity index (χ3n) is 2.16. The Hall–Kier alpha value is -1.88. The van der Waals surface area contributed by atoms with Crippen molar-refractivity contribution in [2.75, 3.05) is 0 Å². The van der Waals surface area contributed by atoms with Crippen LogP contribution in [0.3, 0.4) is 0 Å². The molecule has 2 N–H and O–H groups in total. The monoisotopic (exact) mass is 241 g/mol. The number of aromatic nitrogens is 1. The van der Waals surface area contributed by atoms with Gasteiger partial charge < -0.3 is 10.1 Å². The van der Waals surface area contributed by atoms with Crippen molar-refractivity contribution in [3.05, 3.63) is 34.7 Å². The summed E-state index contributed by atoms with van der Waals surface area (Å²) in [5.74, 6) is -3.38.